The van der Waals surface area contributed by atoms with Gasteiger partial charge in [-0.25, -0.2) is 17.8 Å². The maximum atomic E-state index is 12.5. The molecule has 31 heavy (non-hydrogen) atoms. The van der Waals surface area contributed by atoms with E-state index < -0.39 is 10.0 Å². The predicted molar refractivity (Wildman–Crippen MR) is 118 cm³/mol. The summed E-state index contributed by atoms with van der Waals surface area (Å²) in [5.41, 5.74) is 1.12. The lowest BCUT2D eigenvalue weighted by Gasteiger charge is -2.10. The number of sulfonamides is 1. The molecule has 3 aromatic rings. The van der Waals surface area contributed by atoms with E-state index in [2.05, 4.69) is 9.82 Å². The van der Waals surface area contributed by atoms with Gasteiger partial charge in [0, 0.05) is 18.2 Å². The van der Waals surface area contributed by atoms with Gasteiger partial charge in [-0.05, 0) is 68.4 Å². The Morgan fingerprint density at radius 2 is 1.45 bits per heavy atom. The van der Waals surface area contributed by atoms with Crippen molar-refractivity contribution in [3.05, 3.63) is 71.0 Å². The lowest BCUT2D eigenvalue weighted by molar-refractivity contribution is 0.340. The SMILES string of the molecule is CCOc1ccc(-c2ccc(=O)n(CCNS(=O)(=O)c3ccc(OCC)cc3)n2)cc1. The highest BCUT2D eigenvalue weighted by Crippen LogP contribution is 2.20. The summed E-state index contributed by atoms with van der Waals surface area (Å²) in [4.78, 5) is 12.3. The lowest BCUT2D eigenvalue weighted by atomic mass is 10.1. The molecule has 0 bridgehead atoms. The smallest absolute Gasteiger partial charge is 0.266 e. The van der Waals surface area contributed by atoms with E-state index in [1.165, 1.54) is 22.9 Å². The fraction of sp³-hybridized carbons (Fsp3) is 0.273. The molecule has 0 spiro atoms. The number of hydrogen-bond donors (Lipinski definition) is 1. The Kier molecular flexibility index (Phi) is 7.43. The summed E-state index contributed by atoms with van der Waals surface area (Å²) >= 11 is 0. The normalized spacial score (nSPS) is 11.3. The molecule has 0 fully saturated rings. The second-order valence-electron chi connectivity index (χ2n) is 6.54. The Balaban J connectivity index is 1.67. The Morgan fingerprint density at radius 3 is 2.03 bits per heavy atom. The summed E-state index contributed by atoms with van der Waals surface area (Å²) in [7, 11) is -3.71. The first-order valence-electron chi connectivity index (χ1n) is 9.97. The summed E-state index contributed by atoms with van der Waals surface area (Å²) < 4.78 is 39.5. The fourth-order valence-electron chi connectivity index (χ4n) is 2.90. The van der Waals surface area contributed by atoms with Crippen molar-refractivity contribution in [3.8, 4) is 22.8 Å². The maximum absolute atomic E-state index is 12.5. The van der Waals surface area contributed by atoms with Crippen LogP contribution in [0.1, 0.15) is 13.8 Å². The molecule has 0 saturated heterocycles. The molecule has 0 aliphatic carbocycles. The minimum absolute atomic E-state index is 0.0230. The molecule has 0 aliphatic heterocycles. The van der Waals surface area contributed by atoms with Gasteiger partial charge < -0.3 is 9.47 Å². The lowest BCUT2D eigenvalue weighted by Crippen LogP contribution is -2.32. The second-order valence-corrected chi connectivity index (χ2v) is 8.31. The zero-order valence-electron chi connectivity index (χ0n) is 17.4. The zero-order chi connectivity index (χ0) is 22.3. The van der Waals surface area contributed by atoms with Gasteiger partial charge in [0.05, 0.1) is 30.3 Å². The molecule has 0 amide bonds. The molecule has 0 saturated carbocycles. The molecule has 164 valence electrons. The second kappa shape index (κ2) is 10.2. The van der Waals surface area contributed by atoms with Crippen LogP contribution in [-0.2, 0) is 16.6 Å². The van der Waals surface area contributed by atoms with Gasteiger partial charge in [0.1, 0.15) is 11.5 Å². The van der Waals surface area contributed by atoms with Gasteiger partial charge in [-0.15, -0.1) is 0 Å². The third-order valence-electron chi connectivity index (χ3n) is 4.39. The summed E-state index contributed by atoms with van der Waals surface area (Å²) in [6.07, 6.45) is 0. The number of benzene rings is 2. The quantitative estimate of drug-likeness (QED) is 0.517. The van der Waals surface area contributed by atoms with Crippen LogP contribution in [0, 0.1) is 0 Å². The van der Waals surface area contributed by atoms with Crippen LogP contribution in [0.5, 0.6) is 11.5 Å². The molecular formula is C22H25N3O5S. The van der Waals surface area contributed by atoms with E-state index in [9.17, 15) is 13.2 Å². The van der Waals surface area contributed by atoms with Gasteiger partial charge in [0.25, 0.3) is 5.56 Å². The van der Waals surface area contributed by atoms with Crippen LogP contribution >= 0.6 is 0 Å². The largest absolute Gasteiger partial charge is 0.494 e. The van der Waals surface area contributed by atoms with Crippen molar-refractivity contribution in [2.24, 2.45) is 0 Å². The van der Waals surface area contributed by atoms with Crippen molar-refractivity contribution in [2.45, 2.75) is 25.3 Å². The molecule has 8 nitrogen and oxygen atoms in total. The minimum atomic E-state index is -3.71. The highest BCUT2D eigenvalue weighted by atomic mass is 32.2. The number of aromatic nitrogens is 2. The molecule has 0 radical (unpaired) electrons. The van der Waals surface area contributed by atoms with Crippen LogP contribution in [0.15, 0.2) is 70.4 Å². The monoisotopic (exact) mass is 443 g/mol. The van der Waals surface area contributed by atoms with Crippen LogP contribution in [0.2, 0.25) is 0 Å². The molecule has 3 rings (SSSR count). The average molecular weight is 444 g/mol. The first-order chi connectivity index (χ1) is 14.9. The number of nitrogens with one attached hydrogen (secondary N) is 1. The molecule has 1 N–H and O–H groups in total. The van der Waals surface area contributed by atoms with Gasteiger partial charge in [-0.3, -0.25) is 4.79 Å². The van der Waals surface area contributed by atoms with Crippen LogP contribution < -0.4 is 19.8 Å². The summed E-state index contributed by atoms with van der Waals surface area (Å²) in [6.45, 7) is 4.97. The Labute approximate surface area is 181 Å². The number of rotatable bonds is 10. The van der Waals surface area contributed by atoms with Crippen molar-refractivity contribution in [1.29, 1.82) is 0 Å². The Morgan fingerprint density at radius 1 is 0.871 bits per heavy atom. The molecule has 1 heterocycles. The molecule has 0 atom stereocenters. The summed E-state index contributed by atoms with van der Waals surface area (Å²) in [5, 5.41) is 4.35. The summed E-state index contributed by atoms with van der Waals surface area (Å²) in [5.74, 6) is 1.35. The summed E-state index contributed by atoms with van der Waals surface area (Å²) in [6, 6.07) is 16.6. The van der Waals surface area contributed by atoms with Crippen LogP contribution in [-0.4, -0.2) is 38.0 Å². The standard InChI is InChI=1S/C22H25N3O5S/c1-3-29-18-7-5-17(6-8-18)21-13-14-22(26)25(24-21)16-15-23-31(27,28)20-11-9-19(10-12-20)30-4-2/h5-14,23H,3-4,15-16H2,1-2H3. The van der Waals surface area contributed by atoms with E-state index in [1.807, 2.05) is 38.1 Å². The predicted octanol–water partition coefficient (Wildman–Crippen LogP) is 2.69. The van der Waals surface area contributed by atoms with Gasteiger partial charge >= 0.3 is 0 Å². The first-order valence-corrected chi connectivity index (χ1v) is 11.4. The van der Waals surface area contributed by atoms with Crippen LogP contribution in [0.25, 0.3) is 11.3 Å². The molecule has 1 aromatic heterocycles. The zero-order valence-corrected chi connectivity index (χ0v) is 18.3. The molecule has 9 heteroatoms. The Hall–Kier alpha value is -3.17. The highest BCUT2D eigenvalue weighted by molar-refractivity contribution is 7.89. The van der Waals surface area contributed by atoms with Crippen LogP contribution in [0.4, 0.5) is 0 Å². The van der Waals surface area contributed by atoms with Crippen molar-refractivity contribution < 1.29 is 17.9 Å². The maximum Gasteiger partial charge on any atom is 0.266 e. The van der Waals surface area contributed by atoms with E-state index in [-0.39, 0.29) is 23.5 Å². The van der Waals surface area contributed by atoms with Gasteiger partial charge in [-0.2, -0.15) is 5.10 Å². The minimum Gasteiger partial charge on any atom is -0.494 e. The van der Waals surface area contributed by atoms with Crippen molar-refractivity contribution in [2.75, 3.05) is 19.8 Å². The van der Waals surface area contributed by atoms with E-state index in [0.717, 1.165) is 11.3 Å². The average Bonchev–Trinajstić information content (AvgIpc) is 2.76. The molecule has 2 aromatic carbocycles. The van der Waals surface area contributed by atoms with E-state index in [0.29, 0.717) is 24.7 Å². The van der Waals surface area contributed by atoms with E-state index in [1.54, 1.807) is 18.2 Å². The first kappa shape index (κ1) is 22.5. The van der Waals surface area contributed by atoms with Crippen LogP contribution in [0.3, 0.4) is 0 Å². The third-order valence-corrected chi connectivity index (χ3v) is 5.87. The van der Waals surface area contributed by atoms with Gasteiger partial charge in [-0.1, -0.05) is 0 Å². The fourth-order valence-corrected chi connectivity index (χ4v) is 3.92. The van der Waals surface area contributed by atoms with Gasteiger partial charge in [0.2, 0.25) is 10.0 Å². The van der Waals surface area contributed by atoms with Crippen molar-refractivity contribution >= 4 is 10.0 Å². The molecule has 0 aliphatic rings. The Bertz CT molecular complexity index is 1160. The molecule has 0 unspecified atom stereocenters. The third kappa shape index (κ3) is 5.93. The topological polar surface area (TPSA) is 99.5 Å². The number of ether oxygens (including phenoxy) is 2. The van der Waals surface area contributed by atoms with E-state index >= 15 is 0 Å². The number of hydrogen-bond acceptors (Lipinski definition) is 6. The van der Waals surface area contributed by atoms with Crippen molar-refractivity contribution in [3.63, 3.8) is 0 Å². The van der Waals surface area contributed by atoms with Crippen molar-refractivity contribution in [1.82, 2.24) is 14.5 Å². The highest BCUT2D eigenvalue weighted by Gasteiger charge is 2.14. The number of nitrogens with zero attached hydrogens (tertiary/aromatic N) is 2. The van der Waals surface area contributed by atoms with Gasteiger partial charge in [0.15, 0.2) is 0 Å². The molecular weight excluding hydrogens is 418 g/mol. The van der Waals surface area contributed by atoms with E-state index in [4.69, 9.17) is 9.47 Å².